The Morgan fingerprint density at radius 3 is 2.44 bits per heavy atom. The van der Waals surface area contributed by atoms with Crippen molar-refractivity contribution < 1.29 is 4.79 Å². The first-order valence-electron chi connectivity index (χ1n) is 5.91. The highest BCUT2D eigenvalue weighted by molar-refractivity contribution is 7.80. The fourth-order valence-electron chi connectivity index (χ4n) is 1.56. The minimum Gasteiger partial charge on any atom is -0.368 e. The number of rotatable bonds is 5. The Bertz CT molecular complexity index is 406. The molecule has 0 aliphatic rings. The maximum atomic E-state index is 11.3. The standard InChI is InChI=1S/C13H19N3OS/c1-9(2)8-11(12(14)17)16-13(18)15-10-6-4-3-5-7-10/h3-7,9,11H,8H2,1-2H3,(H2,14,17)(H2,15,16,18)/t11-/m0/s1. The quantitative estimate of drug-likeness (QED) is 0.711. The van der Waals surface area contributed by atoms with Crippen molar-refractivity contribution in [2.45, 2.75) is 26.3 Å². The van der Waals surface area contributed by atoms with Gasteiger partial charge in [-0.25, -0.2) is 0 Å². The third-order valence-corrected chi connectivity index (χ3v) is 2.61. The van der Waals surface area contributed by atoms with Crippen LogP contribution in [0.2, 0.25) is 0 Å². The van der Waals surface area contributed by atoms with Crippen LogP contribution < -0.4 is 16.4 Å². The molecule has 1 aromatic rings. The van der Waals surface area contributed by atoms with Crippen molar-refractivity contribution in [3.63, 3.8) is 0 Å². The minimum absolute atomic E-state index is 0.370. The summed E-state index contributed by atoms with van der Waals surface area (Å²) in [5.41, 5.74) is 6.22. The van der Waals surface area contributed by atoms with Gasteiger partial charge >= 0.3 is 0 Å². The summed E-state index contributed by atoms with van der Waals surface area (Å²) in [6.07, 6.45) is 0.659. The van der Waals surface area contributed by atoms with Gasteiger partial charge in [0.05, 0.1) is 0 Å². The number of thiocarbonyl (C=S) groups is 1. The van der Waals surface area contributed by atoms with Gasteiger partial charge in [-0.05, 0) is 36.7 Å². The van der Waals surface area contributed by atoms with Crippen LogP contribution in [0.3, 0.4) is 0 Å². The topological polar surface area (TPSA) is 67.2 Å². The van der Waals surface area contributed by atoms with Crippen molar-refractivity contribution >= 4 is 28.9 Å². The lowest BCUT2D eigenvalue weighted by Gasteiger charge is -2.19. The van der Waals surface area contributed by atoms with E-state index in [1.165, 1.54) is 0 Å². The first-order chi connectivity index (χ1) is 8.49. The Morgan fingerprint density at radius 2 is 1.94 bits per heavy atom. The monoisotopic (exact) mass is 265 g/mol. The third kappa shape index (κ3) is 5.14. The molecule has 0 saturated carbocycles. The molecule has 0 radical (unpaired) electrons. The van der Waals surface area contributed by atoms with Gasteiger partial charge in [-0.3, -0.25) is 4.79 Å². The van der Waals surface area contributed by atoms with Gasteiger partial charge in [-0.2, -0.15) is 0 Å². The number of para-hydroxylation sites is 1. The van der Waals surface area contributed by atoms with Gasteiger partial charge in [0.1, 0.15) is 6.04 Å². The van der Waals surface area contributed by atoms with E-state index in [2.05, 4.69) is 10.6 Å². The third-order valence-electron chi connectivity index (χ3n) is 2.39. The number of nitrogens with one attached hydrogen (secondary N) is 2. The van der Waals surface area contributed by atoms with Gasteiger partial charge in [-0.15, -0.1) is 0 Å². The Hall–Kier alpha value is -1.62. The molecule has 1 atom stereocenters. The summed E-state index contributed by atoms with van der Waals surface area (Å²) in [5.74, 6) is -0.0181. The van der Waals surface area contributed by atoms with E-state index in [1.54, 1.807) is 0 Å². The molecule has 0 aliphatic heterocycles. The zero-order valence-electron chi connectivity index (χ0n) is 10.6. The Morgan fingerprint density at radius 1 is 1.33 bits per heavy atom. The number of anilines is 1. The van der Waals surface area contributed by atoms with Crippen molar-refractivity contribution in [3.8, 4) is 0 Å². The van der Waals surface area contributed by atoms with E-state index in [4.69, 9.17) is 18.0 Å². The summed E-state index contributed by atoms with van der Waals surface area (Å²) in [4.78, 5) is 11.3. The number of carbonyl (C=O) groups excluding carboxylic acids is 1. The average molecular weight is 265 g/mol. The van der Waals surface area contributed by atoms with Crippen LogP contribution in [0.1, 0.15) is 20.3 Å². The second-order valence-electron chi connectivity index (χ2n) is 4.55. The fraction of sp³-hybridized carbons (Fsp3) is 0.385. The molecule has 4 N–H and O–H groups in total. The zero-order valence-corrected chi connectivity index (χ0v) is 11.5. The molecule has 0 aliphatic carbocycles. The number of benzene rings is 1. The van der Waals surface area contributed by atoms with E-state index in [0.717, 1.165) is 5.69 Å². The van der Waals surface area contributed by atoms with E-state index in [9.17, 15) is 4.79 Å². The van der Waals surface area contributed by atoms with Gasteiger partial charge < -0.3 is 16.4 Å². The number of carbonyl (C=O) groups is 1. The number of primary amides is 1. The smallest absolute Gasteiger partial charge is 0.239 e. The van der Waals surface area contributed by atoms with Crippen LogP contribution in [0.25, 0.3) is 0 Å². The molecule has 4 nitrogen and oxygen atoms in total. The van der Waals surface area contributed by atoms with Crippen molar-refractivity contribution in [3.05, 3.63) is 30.3 Å². The maximum Gasteiger partial charge on any atom is 0.239 e. The summed E-state index contributed by atoms with van der Waals surface area (Å²) >= 11 is 5.15. The van der Waals surface area contributed by atoms with Gasteiger partial charge in [0.2, 0.25) is 5.91 Å². The van der Waals surface area contributed by atoms with Crippen LogP contribution in [-0.2, 0) is 4.79 Å². The highest BCUT2D eigenvalue weighted by atomic mass is 32.1. The number of hydrogen-bond acceptors (Lipinski definition) is 2. The summed E-state index contributed by atoms with van der Waals surface area (Å²) in [6, 6.07) is 9.10. The van der Waals surface area contributed by atoms with Gasteiger partial charge in [-0.1, -0.05) is 32.0 Å². The van der Waals surface area contributed by atoms with Gasteiger partial charge in [0.25, 0.3) is 0 Å². The van der Waals surface area contributed by atoms with Crippen LogP contribution in [0.5, 0.6) is 0 Å². The second kappa shape index (κ2) is 6.96. The van der Waals surface area contributed by atoms with Crippen LogP contribution >= 0.6 is 12.2 Å². The number of amides is 1. The summed E-state index contributed by atoms with van der Waals surface area (Å²) in [5, 5.41) is 6.36. The van der Waals surface area contributed by atoms with Crippen LogP contribution in [-0.4, -0.2) is 17.1 Å². The van der Waals surface area contributed by atoms with E-state index in [0.29, 0.717) is 17.5 Å². The zero-order chi connectivity index (χ0) is 13.5. The molecule has 0 unspecified atom stereocenters. The van der Waals surface area contributed by atoms with Crippen molar-refractivity contribution in [2.24, 2.45) is 11.7 Å². The molecule has 0 heterocycles. The summed E-state index contributed by atoms with van der Waals surface area (Å²) in [7, 11) is 0. The molecular weight excluding hydrogens is 246 g/mol. The molecule has 0 bridgehead atoms. The molecular formula is C13H19N3OS. The largest absolute Gasteiger partial charge is 0.368 e. The maximum absolute atomic E-state index is 11.3. The predicted octanol–water partition coefficient (Wildman–Crippen LogP) is 1.87. The Balaban J connectivity index is 2.54. The van der Waals surface area contributed by atoms with Gasteiger partial charge in [0, 0.05) is 5.69 Å². The predicted molar refractivity (Wildman–Crippen MR) is 78.2 cm³/mol. The molecule has 1 amide bonds. The molecule has 0 aromatic heterocycles. The molecule has 0 saturated heterocycles. The van der Waals surface area contributed by atoms with Crippen LogP contribution in [0.4, 0.5) is 5.69 Å². The lowest BCUT2D eigenvalue weighted by atomic mass is 10.0. The van der Waals surface area contributed by atoms with Crippen LogP contribution in [0, 0.1) is 5.92 Å². The SMILES string of the molecule is CC(C)C[C@H](NC(=S)Nc1ccccc1)C(N)=O. The van der Waals surface area contributed by atoms with Crippen molar-refractivity contribution in [1.29, 1.82) is 0 Å². The minimum atomic E-state index is -0.436. The van der Waals surface area contributed by atoms with E-state index >= 15 is 0 Å². The van der Waals surface area contributed by atoms with E-state index in [-0.39, 0.29) is 5.91 Å². The highest BCUT2D eigenvalue weighted by Gasteiger charge is 2.17. The average Bonchev–Trinajstić information content (AvgIpc) is 2.28. The normalized spacial score (nSPS) is 11.9. The molecule has 0 fully saturated rings. The first kappa shape index (κ1) is 14.4. The fourth-order valence-corrected chi connectivity index (χ4v) is 1.82. The Kier molecular flexibility index (Phi) is 5.58. The molecule has 98 valence electrons. The van der Waals surface area contributed by atoms with Crippen LogP contribution in [0.15, 0.2) is 30.3 Å². The van der Waals surface area contributed by atoms with Gasteiger partial charge in [0.15, 0.2) is 5.11 Å². The van der Waals surface area contributed by atoms with E-state index < -0.39 is 6.04 Å². The first-order valence-corrected chi connectivity index (χ1v) is 6.31. The van der Waals surface area contributed by atoms with Crippen molar-refractivity contribution in [2.75, 3.05) is 5.32 Å². The summed E-state index contributed by atoms with van der Waals surface area (Å²) in [6.45, 7) is 4.07. The molecule has 0 spiro atoms. The number of hydrogen-bond donors (Lipinski definition) is 3. The lowest BCUT2D eigenvalue weighted by Crippen LogP contribution is -2.46. The Labute approximate surface area is 113 Å². The summed E-state index contributed by atoms with van der Waals surface area (Å²) < 4.78 is 0. The van der Waals surface area contributed by atoms with E-state index in [1.807, 2.05) is 44.2 Å². The molecule has 1 rings (SSSR count). The van der Waals surface area contributed by atoms with Crippen molar-refractivity contribution in [1.82, 2.24) is 5.32 Å². The highest BCUT2D eigenvalue weighted by Crippen LogP contribution is 2.07. The molecule has 18 heavy (non-hydrogen) atoms. The lowest BCUT2D eigenvalue weighted by molar-refractivity contribution is -0.120. The number of nitrogens with two attached hydrogens (primary N) is 1. The second-order valence-corrected chi connectivity index (χ2v) is 4.96. The molecule has 1 aromatic carbocycles. The molecule has 5 heteroatoms.